The highest BCUT2D eigenvalue weighted by Crippen LogP contribution is 2.37. The molecule has 0 saturated heterocycles. The summed E-state index contributed by atoms with van der Waals surface area (Å²) in [4.78, 5) is 4.24. The molecule has 3 nitrogen and oxygen atoms in total. The van der Waals surface area contributed by atoms with Gasteiger partial charge in [-0.25, -0.2) is 9.37 Å². The fourth-order valence-corrected chi connectivity index (χ4v) is 2.88. The molecule has 7 heteroatoms. The quantitative estimate of drug-likeness (QED) is 0.619. The lowest BCUT2D eigenvalue weighted by Gasteiger charge is -2.16. The molecule has 0 atom stereocenters. The number of nitrogen functional groups attached to an aromatic ring is 1. The lowest BCUT2D eigenvalue weighted by atomic mass is 9.92. The molecular formula is C20H13F4N3. The van der Waals surface area contributed by atoms with Crippen LogP contribution < -0.4 is 5.73 Å². The summed E-state index contributed by atoms with van der Waals surface area (Å²) in [7, 11) is 0. The number of rotatable bonds is 2. The number of alkyl halides is 3. The van der Waals surface area contributed by atoms with Gasteiger partial charge in [0.15, 0.2) is 0 Å². The predicted octanol–water partition coefficient (Wildman–Crippen LogP) is 5.34. The Balaban J connectivity index is 2.22. The van der Waals surface area contributed by atoms with E-state index in [1.165, 1.54) is 36.4 Å². The second kappa shape index (κ2) is 6.72. The van der Waals surface area contributed by atoms with E-state index in [-0.39, 0.29) is 11.4 Å². The van der Waals surface area contributed by atoms with Crippen LogP contribution in [0.5, 0.6) is 0 Å². The molecule has 0 radical (unpaired) electrons. The van der Waals surface area contributed by atoms with Crippen molar-refractivity contribution >= 4 is 5.82 Å². The Morgan fingerprint density at radius 2 is 1.52 bits per heavy atom. The van der Waals surface area contributed by atoms with Crippen LogP contribution in [0.3, 0.4) is 0 Å². The van der Waals surface area contributed by atoms with Crippen LogP contribution >= 0.6 is 0 Å². The molecule has 0 amide bonds. The number of nitrogens with two attached hydrogens (primary N) is 1. The van der Waals surface area contributed by atoms with E-state index in [1.807, 2.05) is 6.07 Å². The van der Waals surface area contributed by atoms with Crippen molar-refractivity contribution in [3.8, 4) is 28.5 Å². The minimum absolute atomic E-state index is 0.0441. The Kier molecular flexibility index (Phi) is 4.58. The Morgan fingerprint density at radius 3 is 2.04 bits per heavy atom. The zero-order valence-corrected chi connectivity index (χ0v) is 14.1. The molecule has 1 heterocycles. The number of nitriles is 1. The zero-order chi connectivity index (χ0) is 19.8. The van der Waals surface area contributed by atoms with E-state index in [0.29, 0.717) is 27.9 Å². The lowest BCUT2D eigenvalue weighted by Crippen LogP contribution is -2.05. The van der Waals surface area contributed by atoms with Crippen LogP contribution in [0, 0.1) is 24.1 Å². The van der Waals surface area contributed by atoms with Crippen LogP contribution in [0.25, 0.3) is 22.4 Å². The summed E-state index contributed by atoms with van der Waals surface area (Å²) in [5.41, 5.74) is 7.60. The Bertz CT molecular complexity index is 1030. The van der Waals surface area contributed by atoms with E-state index in [0.717, 1.165) is 12.1 Å². The fourth-order valence-electron chi connectivity index (χ4n) is 2.88. The molecule has 0 saturated carbocycles. The van der Waals surface area contributed by atoms with Gasteiger partial charge < -0.3 is 5.73 Å². The summed E-state index contributed by atoms with van der Waals surface area (Å²) in [6, 6.07) is 12.0. The summed E-state index contributed by atoms with van der Waals surface area (Å²) in [5, 5.41) is 9.47. The highest BCUT2D eigenvalue weighted by atomic mass is 19.4. The number of benzene rings is 2. The number of hydrogen-bond acceptors (Lipinski definition) is 3. The van der Waals surface area contributed by atoms with Crippen molar-refractivity contribution in [3.05, 3.63) is 71.0 Å². The van der Waals surface area contributed by atoms with Crippen LogP contribution in [0.15, 0.2) is 48.5 Å². The maximum atomic E-state index is 13.2. The molecule has 2 N–H and O–H groups in total. The summed E-state index contributed by atoms with van der Waals surface area (Å²) in [6.07, 6.45) is -4.46. The van der Waals surface area contributed by atoms with Gasteiger partial charge in [-0.3, -0.25) is 0 Å². The SMILES string of the molecule is Cc1c(-c2ccc(F)cc2)nc(N)c(C#N)c1-c1ccc(C(F)(F)F)cc1. The molecule has 0 bridgehead atoms. The molecule has 0 spiro atoms. The van der Waals surface area contributed by atoms with Gasteiger partial charge in [0.1, 0.15) is 23.3 Å². The first-order chi connectivity index (χ1) is 12.7. The predicted molar refractivity (Wildman–Crippen MR) is 93.9 cm³/mol. The first-order valence-electron chi connectivity index (χ1n) is 7.86. The molecule has 3 aromatic rings. The van der Waals surface area contributed by atoms with Gasteiger partial charge in [-0.05, 0) is 54.4 Å². The molecule has 27 heavy (non-hydrogen) atoms. The van der Waals surface area contributed by atoms with E-state index in [9.17, 15) is 22.8 Å². The van der Waals surface area contributed by atoms with Crippen LogP contribution in [-0.2, 0) is 6.18 Å². The molecule has 1 aromatic heterocycles. The van der Waals surface area contributed by atoms with Gasteiger partial charge in [0.2, 0.25) is 0 Å². The Hall–Kier alpha value is -3.40. The minimum atomic E-state index is -4.46. The molecule has 0 aliphatic carbocycles. The normalized spacial score (nSPS) is 11.3. The number of anilines is 1. The molecule has 3 rings (SSSR count). The van der Waals surface area contributed by atoms with Gasteiger partial charge in [0.05, 0.1) is 11.3 Å². The summed E-state index contributed by atoms with van der Waals surface area (Å²) >= 11 is 0. The second-order valence-corrected chi connectivity index (χ2v) is 5.91. The van der Waals surface area contributed by atoms with E-state index < -0.39 is 17.6 Å². The van der Waals surface area contributed by atoms with Gasteiger partial charge in [0, 0.05) is 11.1 Å². The second-order valence-electron chi connectivity index (χ2n) is 5.91. The average molecular weight is 371 g/mol. The van der Waals surface area contributed by atoms with Crippen molar-refractivity contribution in [2.45, 2.75) is 13.1 Å². The number of pyridine rings is 1. The van der Waals surface area contributed by atoms with E-state index in [1.54, 1.807) is 6.92 Å². The molecule has 0 aliphatic heterocycles. The largest absolute Gasteiger partial charge is 0.416 e. The highest BCUT2D eigenvalue weighted by molar-refractivity contribution is 5.84. The third kappa shape index (κ3) is 3.47. The summed E-state index contributed by atoms with van der Waals surface area (Å²) in [6.45, 7) is 1.69. The Morgan fingerprint density at radius 1 is 0.963 bits per heavy atom. The monoisotopic (exact) mass is 371 g/mol. The number of halogens is 4. The minimum Gasteiger partial charge on any atom is -0.383 e. The highest BCUT2D eigenvalue weighted by Gasteiger charge is 2.30. The van der Waals surface area contributed by atoms with Crippen molar-refractivity contribution in [2.75, 3.05) is 5.73 Å². The van der Waals surface area contributed by atoms with Gasteiger partial charge >= 0.3 is 6.18 Å². The zero-order valence-electron chi connectivity index (χ0n) is 14.1. The van der Waals surface area contributed by atoms with Crippen LogP contribution in [-0.4, -0.2) is 4.98 Å². The lowest BCUT2D eigenvalue weighted by molar-refractivity contribution is -0.137. The summed E-state index contributed by atoms with van der Waals surface area (Å²) < 4.78 is 51.6. The fraction of sp³-hybridized carbons (Fsp3) is 0.100. The van der Waals surface area contributed by atoms with Crippen molar-refractivity contribution in [1.82, 2.24) is 4.98 Å². The smallest absolute Gasteiger partial charge is 0.383 e. The van der Waals surface area contributed by atoms with Crippen molar-refractivity contribution in [1.29, 1.82) is 5.26 Å². The van der Waals surface area contributed by atoms with Crippen LogP contribution in [0.4, 0.5) is 23.4 Å². The van der Waals surface area contributed by atoms with Crippen molar-refractivity contribution < 1.29 is 17.6 Å². The summed E-state index contributed by atoms with van der Waals surface area (Å²) in [5.74, 6) is -0.460. The number of nitrogens with zero attached hydrogens (tertiary/aromatic N) is 2. The number of hydrogen-bond donors (Lipinski definition) is 1. The molecule has 0 aliphatic rings. The van der Waals surface area contributed by atoms with Crippen LogP contribution in [0.1, 0.15) is 16.7 Å². The molecule has 0 fully saturated rings. The first kappa shape index (κ1) is 18.4. The first-order valence-corrected chi connectivity index (χ1v) is 7.86. The van der Waals surface area contributed by atoms with Gasteiger partial charge in [0.25, 0.3) is 0 Å². The van der Waals surface area contributed by atoms with E-state index in [4.69, 9.17) is 5.73 Å². The van der Waals surface area contributed by atoms with Gasteiger partial charge in [-0.1, -0.05) is 12.1 Å². The van der Waals surface area contributed by atoms with Crippen LogP contribution in [0.2, 0.25) is 0 Å². The third-order valence-corrected chi connectivity index (χ3v) is 4.20. The van der Waals surface area contributed by atoms with Crippen molar-refractivity contribution in [3.63, 3.8) is 0 Å². The molecule has 0 unspecified atom stereocenters. The molecule has 2 aromatic carbocycles. The van der Waals surface area contributed by atoms with Gasteiger partial charge in [-0.2, -0.15) is 18.4 Å². The molecular weight excluding hydrogens is 358 g/mol. The Labute approximate surface area is 152 Å². The van der Waals surface area contributed by atoms with Gasteiger partial charge in [-0.15, -0.1) is 0 Å². The van der Waals surface area contributed by atoms with Crippen molar-refractivity contribution in [2.24, 2.45) is 0 Å². The maximum Gasteiger partial charge on any atom is 0.416 e. The van der Waals surface area contributed by atoms with E-state index >= 15 is 0 Å². The standard InChI is InChI=1S/C20H13F4N3/c1-11-17(12-2-6-14(7-3-12)20(22,23)24)16(10-25)19(26)27-18(11)13-4-8-15(21)9-5-13/h2-9H,1H3,(H2,26,27). The number of aromatic nitrogens is 1. The maximum absolute atomic E-state index is 13.2. The average Bonchev–Trinajstić information content (AvgIpc) is 2.63. The topological polar surface area (TPSA) is 62.7 Å². The van der Waals surface area contributed by atoms with E-state index in [2.05, 4.69) is 4.98 Å². The molecule has 136 valence electrons. The third-order valence-electron chi connectivity index (χ3n) is 4.20.